The van der Waals surface area contributed by atoms with Gasteiger partial charge in [-0.05, 0) is 30.2 Å². The average Bonchev–Trinajstić information content (AvgIpc) is 3.36. The number of aromatic nitrogens is 3. The van der Waals surface area contributed by atoms with Crippen LogP contribution in [0.4, 0.5) is 11.4 Å². The van der Waals surface area contributed by atoms with E-state index in [1.54, 1.807) is 30.9 Å². The van der Waals surface area contributed by atoms with E-state index in [0.717, 1.165) is 12.1 Å². The quantitative estimate of drug-likeness (QED) is 0.572. The van der Waals surface area contributed by atoms with Crippen LogP contribution in [0.25, 0.3) is 0 Å². The van der Waals surface area contributed by atoms with Gasteiger partial charge in [0.2, 0.25) is 11.8 Å². The molecule has 0 fully saturated rings. The van der Waals surface area contributed by atoms with Crippen molar-refractivity contribution >= 4 is 35.0 Å². The smallest absolute Gasteiger partial charge is 0.237 e. The summed E-state index contributed by atoms with van der Waals surface area (Å²) in [5, 5.41) is 11.7. The highest BCUT2D eigenvalue weighted by atomic mass is 32.2. The molecule has 1 aliphatic rings. The van der Waals surface area contributed by atoms with Crippen molar-refractivity contribution in [3.05, 3.63) is 59.9 Å². The van der Waals surface area contributed by atoms with Gasteiger partial charge in [0.15, 0.2) is 5.16 Å². The fraction of sp³-hybridized carbons (Fsp3) is 0.273. The van der Waals surface area contributed by atoms with Crippen molar-refractivity contribution in [1.29, 1.82) is 0 Å². The number of carbonyl (C=O) groups is 2. The minimum Gasteiger partial charge on any atom is -0.495 e. The van der Waals surface area contributed by atoms with E-state index in [9.17, 15) is 9.59 Å². The normalized spacial score (nSPS) is 12.5. The van der Waals surface area contributed by atoms with Gasteiger partial charge in [-0.1, -0.05) is 42.1 Å². The average molecular weight is 438 g/mol. The Bertz CT molecular complexity index is 1110. The number of hydrogen-bond acceptors (Lipinski definition) is 6. The first kappa shape index (κ1) is 20.9. The van der Waals surface area contributed by atoms with E-state index in [4.69, 9.17) is 4.74 Å². The Morgan fingerprint density at radius 1 is 1.13 bits per heavy atom. The largest absolute Gasteiger partial charge is 0.495 e. The van der Waals surface area contributed by atoms with E-state index in [2.05, 4.69) is 21.6 Å². The van der Waals surface area contributed by atoms with Gasteiger partial charge in [0.05, 0.1) is 25.0 Å². The second-order valence-electron chi connectivity index (χ2n) is 7.10. The van der Waals surface area contributed by atoms with E-state index < -0.39 is 0 Å². The molecule has 160 valence electrons. The van der Waals surface area contributed by atoms with Gasteiger partial charge >= 0.3 is 0 Å². The van der Waals surface area contributed by atoms with Crippen LogP contribution in [0.15, 0.2) is 53.7 Å². The molecule has 0 saturated carbocycles. The van der Waals surface area contributed by atoms with Gasteiger partial charge in [-0.2, -0.15) is 0 Å². The molecule has 2 aromatic carbocycles. The van der Waals surface area contributed by atoms with E-state index in [0.29, 0.717) is 29.0 Å². The van der Waals surface area contributed by atoms with Gasteiger partial charge in [-0.15, -0.1) is 10.2 Å². The van der Waals surface area contributed by atoms with E-state index in [1.807, 2.05) is 35.2 Å². The summed E-state index contributed by atoms with van der Waals surface area (Å²) in [4.78, 5) is 27.0. The zero-order chi connectivity index (χ0) is 21.8. The number of carbonyl (C=O) groups excluding carboxylic acids is 2. The molecule has 1 aromatic heterocycles. The third-order valence-corrected chi connectivity index (χ3v) is 6.14. The zero-order valence-corrected chi connectivity index (χ0v) is 18.2. The van der Waals surface area contributed by atoms with Crippen molar-refractivity contribution in [3.63, 3.8) is 0 Å². The third-order valence-electron chi connectivity index (χ3n) is 5.14. The molecule has 0 radical (unpaired) electrons. The first-order chi connectivity index (χ1) is 15.1. The zero-order valence-electron chi connectivity index (χ0n) is 17.4. The number of thioether (sulfide) groups is 1. The van der Waals surface area contributed by atoms with Gasteiger partial charge in [-0.25, -0.2) is 0 Å². The minimum absolute atomic E-state index is 0.0356. The van der Waals surface area contributed by atoms with Crippen molar-refractivity contribution in [3.8, 4) is 5.75 Å². The lowest BCUT2D eigenvalue weighted by atomic mass is 10.2. The van der Waals surface area contributed by atoms with Gasteiger partial charge in [0, 0.05) is 19.3 Å². The number of para-hydroxylation sites is 3. The predicted octanol–water partition coefficient (Wildman–Crippen LogP) is 2.69. The van der Waals surface area contributed by atoms with Crippen molar-refractivity contribution < 1.29 is 14.3 Å². The lowest BCUT2D eigenvalue weighted by molar-refractivity contribution is -0.116. The molecule has 1 N–H and O–H groups in total. The van der Waals surface area contributed by atoms with Crippen LogP contribution in [0.3, 0.4) is 0 Å². The highest BCUT2D eigenvalue weighted by Crippen LogP contribution is 2.29. The number of ether oxygens (including phenoxy) is 1. The summed E-state index contributed by atoms with van der Waals surface area (Å²) in [5.74, 6) is 1.18. The summed E-state index contributed by atoms with van der Waals surface area (Å²) in [6.07, 6.45) is 0.942. The predicted molar refractivity (Wildman–Crippen MR) is 120 cm³/mol. The SMILES string of the molecule is COc1ccccc1NC(=O)Cc1nnc(SCC(=O)N2CCc3ccccc32)n1C. The van der Waals surface area contributed by atoms with Crippen LogP contribution < -0.4 is 15.0 Å². The Hall–Kier alpha value is -3.33. The van der Waals surface area contributed by atoms with Gasteiger partial charge in [-0.3, -0.25) is 9.59 Å². The lowest BCUT2D eigenvalue weighted by Gasteiger charge is -2.16. The van der Waals surface area contributed by atoms with Crippen LogP contribution in [-0.4, -0.2) is 46.0 Å². The number of rotatable bonds is 7. The number of hydrogen-bond donors (Lipinski definition) is 1. The third kappa shape index (κ3) is 4.56. The Labute approximate surface area is 184 Å². The number of methoxy groups -OCH3 is 1. The molecule has 9 heteroatoms. The van der Waals surface area contributed by atoms with E-state index >= 15 is 0 Å². The summed E-state index contributed by atoms with van der Waals surface area (Å²) >= 11 is 1.32. The standard InChI is InChI=1S/C22H23N5O3S/c1-26-19(13-20(28)23-16-8-4-6-10-18(16)30-2)24-25-22(26)31-14-21(29)27-12-11-15-7-3-5-9-17(15)27/h3-10H,11-14H2,1-2H3,(H,23,28). The summed E-state index contributed by atoms with van der Waals surface area (Å²) < 4.78 is 7.00. The van der Waals surface area contributed by atoms with Crippen LogP contribution in [0.5, 0.6) is 5.75 Å². The van der Waals surface area contributed by atoms with Gasteiger partial charge < -0.3 is 19.5 Å². The number of benzene rings is 2. The molecule has 0 saturated heterocycles. The Kier molecular flexibility index (Phi) is 6.22. The van der Waals surface area contributed by atoms with Gasteiger partial charge in [0.1, 0.15) is 11.6 Å². The summed E-state index contributed by atoms with van der Waals surface area (Å²) in [5.41, 5.74) is 2.78. The van der Waals surface area contributed by atoms with Crippen molar-refractivity contribution in [2.75, 3.05) is 29.6 Å². The maximum atomic E-state index is 12.7. The van der Waals surface area contributed by atoms with Crippen LogP contribution in [0, 0.1) is 0 Å². The molecule has 3 aromatic rings. The lowest BCUT2D eigenvalue weighted by Crippen LogP contribution is -2.30. The van der Waals surface area contributed by atoms with Crippen molar-refractivity contribution in [2.45, 2.75) is 18.0 Å². The fourth-order valence-corrected chi connectivity index (χ4v) is 4.32. The second kappa shape index (κ2) is 9.22. The Balaban J connectivity index is 1.35. The van der Waals surface area contributed by atoms with Crippen molar-refractivity contribution in [2.24, 2.45) is 7.05 Å². The highest BCUT2D eigenvalue weighted by molar-refractivity contribution is 7.99. The van der Waals surface area contributed by atoms with E-state index in [1.165, 1.54) is 17.3 Å². The molecule has 0 atom stereocenters. The first-order valence-electron chi connectivity index (χ1n) is 9.89. The van der Waals surface area contributed by atoms with Crippen molar-refractivity contribution in [1.82, 2.24) is 14.8 Å². The molecule has 1 aliphatic heterocycles. The number of nitrogens with zero attached hydrogens (tertiary/aromatic N) is 4. The van der Waals surface area contributed by atoms with Gasteiger partial charge in [0.25, 0.3) is 0 Å². The molecule has 0 bridgehead atoms. The molecular formula is C22H23N5O3S. The monoisotopic (exact) mass is 437 g/mol. The second-order valence-corrected chi connectivity index (χ2v) is 8.04. The summed E-state index contributed by atoms with van der Waals surface area (Å²) in [6.45, 7) is 0.700. The van der Waals surface area contributed by atoms with Crippen LogP contribution in [-0.2, 0) is 29.5 Å². The molecule has 8 nitrogen and oxygen atoms in total. The molecular weight excluding hydrogens is 414 g/mol. The molecule has 0 spiro atoms. The summed E-state index contributed by atoms with van der Waals surface area (Å²) in [6, 6.07) is 15.2. The topological polar surface area (TPSA) is 89.3 Å². The van der Waals surface area contributed by atoms with Crippen LogP contribution >= 0.6 is 11.8 Å². The number of fused-ring (bicyclic) bond motifs is 1. The molecule has 31 heavy (non-hydrogen) atoms. The molecule has 4 rings (SSSR count). The fourth-order valence-electron chi connectivity index (χ4n) is 3.51. The molecule has 2 heterocycles. The number of nitrogens with one attached hydrogen (secondary N) is 1. The van der Waals surface area contributed by atoms with Crippen LogP contribution in [0.2, 0.25) is 0 Å². The summed E-state index contributed by atoms with van der Waals surface area (Å²) in [7, 11) is 3.35. The maximum absolute atomic E-state index is 12.7. The molecule has 2 amide bonds. The molecule has 0 aliphatic carbocycles. The first-order valence-corrected chi connectivity index (χ1v) is 10.9. The Morgan fingerprint density at radius 3 is 2.74 bits per heavy atom. The molecule has 0 unspecified atom stereocenters. The number of anilines is 2. The Morgan fingerprint density at radius 2 is 1.90 bits per heavy atom. The maximum Gasteiger partial charge on any atom is 0.237 e. The van der Waals surface area contributed by atoms with Crippen LogP contribution in [0.1, 0.15) is 11.4 Å². The van der Waals surface area contributed by atoms with E-state index in [-0.39, 0.29) is 24.0 Å². The number of amides is 2. The minimum atomic E-state index is -0.221. The highest BCUT2D eigenvalue weighted by Gasteiger charge is 2.24.